The topological polar surface area (TPSA) is 24.9 Å². The van der Waals surface area contributed by atoms with Gasteiger partial charge in [0.25, 0.3) is 0 Å². The number of thiazole rings is 1. The SMILES string of the molecule is [CH](Nc1ccccc1)c1nccs1. The van der Waals surface area contributed by atoms with Gasteiger partial charge in [-0.15, -0.1) is 11.3 Å². The second kappa shape index (κ2) is 4.05. The Kier molecular flexibility index (Phi) is 2.57. The minimum atomic E-state index is 0.990. The van der Waals surface area contributed by atoms with Crippen LogP contribution in [-0.4, -0.2) is 4.98 Å². The highest BCUT2D eigenvalue weighted by Crippen LogP contribution is 2.10. The summed E-state index contributed by atoms with van der Waals surface area (Å²) >= 11 is 1.61. The monoisotopic (exact) mass is 189 g/mol. The Morgan fingerprint density at radius 3 is 2.77 bits per heavy atom. The van der Waals surface area contributed by atoms with Crippen molar-refractivity contribution in [2.24, 2.45) is 0 Å². The van der Waals surface area contributed by atoms with E-state index in [1.807, 2.05) is 42.3 Å². The molecule has 0 saturated carbocycles. The lowest BCUT2D eigenvalue weighted by molar-refractivity contribution is 1.29. The summed E-state index contributed by atoms with van der Waals surface area (Å²) < 4.78 is 0. The Bertz CT molecular complexity index is 342. The van der Waals surface area contributed by atoms with Crippen LogP contribution in [0.15, 0.2) is 41.9 Å². The van der Waals surface area contributed by atoms with Crippen molar-refractivity contribution in [2.45, 2.75) is 0 Å². The van der Waals surface area contributed by atoms with Crippen molar-refractivity contribution in [3.8, 4) is 0 Å². The molecule has 0 unspecified atom stereocenters. The molecule has 1 aromatic heterocycles. The highest BCUT2D eigenvalue weighted by atomic mass is 32.1. The van der Waals surface area contributed by atoms with Crippen LogP contribution in [0.5, 0.6) is 0 Å². The first kappa shape index (κ1) is 8.26. The van der Waals surface area contributed by atoms with Crippen molar-refractivity contribution in [1.29, 1.82) is 0 Å². The van der Waals surface area contributed by atoms with Crippen LogP contribution in [0, 0.1) is 6.54 Å². The molecule has 0 atom stereocenters. The second-order valence-electron chi connectivity index (χ2n) is 2.53. The van der Waals surface area contributed by atoms with E-state index in [-0.39, 0.29) is 0 Å². The molecule has 65 valence electrons. The molecule has 0 aliphatic rings. The number of nitrogens with one attached hydrogen (secondary N) is 1. The summed E-state index contributed by atoms with van der Waals surface area (Å²) in [5.74, 6) is 0. The van der Waals surface area contributed by atoms with Gasteiger partial charge in [0.15, 0.2) is 0 Å². The summed E-state index contributed by atoms with van der Waals surface area (Å²) in [6.07, 6.45) is 1.79. The number of benzene rings is 1. The van der Waals surface area contributed by atoms with Crippen molar-refractivity contribution < 1.29 is 0 Å². The summed E-state index contributed by atoms with van der Waals surface area (Å²) in [6, 6.07) is 10.0. The van der Waals surface area contributed by atoms with E-state index in [1.54, 1.807) is 17.5 Å². The molecular formula is C10H9N2S. The van der Waals surface area contributed by atoms with E-state index in [2.05, 4.69) is 10.3 Å². The Balaban J connectivity index is 1.94. The fourth-order valence-electron chi connectivity index (χ4n) is 0.985. The van der Waals surface area contributed by atoms with Crippen LogP contribution in [0.1, 0.15) is 5.01 Å². The van der Waals surface area contributed by atoms with Crippen molar-refractivity contribution in [3.63, 3.8) is 0 Å². The fourth-order valence-corrected chi connectivity index (χ4v) is 1.50. The Morgan fingerprint density at radius 2 is 2.08 bits per heavy atom. The maximum Gasteiger partial charge on any atom is 0.117 e. The van der Waals surface area contributed by atoms with E-state index in [4.69, 9.17) is 0 Å². The third-order valence-corrected chi connectivity index (χ3v) is 2.31. The zero-order valence-corrected chi connectivity index (χ0v) is 7.79. The van der Waals surface area contributed by atoms with E-state index < -0.39 is 0 Å². The van der Waals surface area contributed by atoms with Gasteiger partial charge in [-0.25, -0.2) is 4.98 Å². The fraction of sp³-hybridized carbons (Fsp3) is 0. The van der Waals surface area contributed by atoms with E-state index in [0.29, 0.717) is 0 Å². The summed E-state index contributed by atoms with van der Waals surface area (Å²) in [7, 11) is 0. The van der Waals surface area contributed by atoms with Crippen molar-refractivity contribution >= 4 is 17.0 Å². The zero-order valence-electron chi connectivity index (χ0n) is 6.97. The molecule has 0 bridgehead atoms. The van der Waals surface area contributed by atoms with Gasteiger partial charge in [0, 0.05) is 17.3 Å². The molecule has 1 N–H and O–H groups in total. The molecule has 1 radical (unpaired) electrons. The van der Waals surface area contributed by atoms with Crippen LogP contribution in [0.25, 0.3) is 0 Å². The first-order chi connectivity index (χ1) is 6.45. The Morgan fingerprint density at radius 1 is 1.23 bits per heavy atom. The minimum absolute atomic E-state index is 0.990. The zero-order chi connectivity index (χ0) is 8.93. The van der Waals surface area contributed by atoms with Gasteiger partial charge in [-0.05, 0) is 12.1 Å². The van der Waals surface area contributed by atoms with Gasteiger partial charge < -0.3 is 5.32 Å². The van der Waals surface area contributed by atoms with Crippen LogP contribution in [0.2, 0.25) is 0 Å². The molecule has 0 aliphatic carbocycles. The van der Waals surface area contributed by atoms with Gasteiger partial charge in [-0.3, -0.25) is 0 Å². The number of hydrogen-bond acceptors (Lipinski definition) is 3. The molecule has 2 rings (SSSR count). The first-order valence-corrected chi connectivity index (χ1v) is 4.87. The van der Waals surface area contributed by atoms with Crippen LogP contribution in [-0.2, 0) is 0 Å². The molecular weight excluding hydrogens is 180 g/mol. The number of nitrogens with zero attached hydrogens (tertiary/aromatic N) is 1. The average Bonchev–Trinajstić information content (AvgIpc) is 2.69. The number of hydrogen-bond donors (Lipinski definition) is 1. The van der Waals surface area contributed by atoms with Crippen LogP contribution in [0.4, 0.5) is 5.69 Å². The lowest BCUT2D eigenvalue weighted by atomic mass is 10.3. The molecule has 3 heteroatoms. The second-order valence-corrected chi connectivity index (χ2v) is 3.45. The molecule has 1 aromatic carbocycles. The molecule has 0 saturated heterocycles. The number of para-hydroxylation sites is 1. The highest BCUT2D eigenvalue weighted by molar-refractivity contribution is 7.09. The Hall–Kier alpha value is -1.35. The van der Waals surface area contributed by atoms with Gasteiger partial charge in [-0.2, -0.15) is 0 Å². The number of aromatic nitrogens is 1. The lowest BCUT2D eigenvalue weighted by Gasteiger charge is -2.01. The third kappa shape index (κ3) is 2.29. The van der Waals surface area contributed by atoms with Crippen LogP contribution in [0.3, 0.4) is 0 Å². The van der Waals surface area contributed by atoms with E-state index in [0.717, 1.165) is 10.7 Å². The molecule has 2 nitrogen and oxygen atoms in total. The summed E-state index contributed by atoms with van der Waals surface area (Å²) in [6.45, 7) is 1.90. The molecule has 0 fully saturated rings. The molecule has 2 aromatic rings. The molecule has 0 amide bonds. The third-order valence-electron chi connectivity index (χ3n) is 1.59. The smallest absolute Gasteiger partial charge is 0.117 e. The van der Waals surface area contributed by atoms with Crippen molar-refractivity contribution in [3.05, 3.63) is 53.5 Å². The molecule has 13 heavy (non-hydrogen) atoms. The number of rotatable bonds is 3. The van der Waals surface area contributed by atoms with Gasteiger partial charge in [-0.1, -0.05) is 18.2 Å². The van der Waals surface area contributed by atoms with E-state index >= 15 is 0 Å². The maximum atomic E-state index is 4.13. The predicted octanol–water partition coefficient (Wildman–Crippen LogP) is 2.77. The summed E-state index contributed by atoms with van der Waals surface area (Å²) in [5, 5.41) is 6.12. The van der Waals surface area contributed by atoms with E-state index in [9.17, 15) is 0 Å². The standard InChI is InChI=1S/C10H9N2S/c1-2-4-9(5-3-1)12-8-10-11-6-7-13-10/h1-8,12H. The molecule has 0 spiro atoms. The van der Waals surface area contributed by atoms with Gasteiger partial charge in [0.2, 0.25) is 0 Å². The maximum absolute atomic E-state index is 4.13. The van der Waals surface area contributed by atoms with Gasteiger partial charge >= 0.3 is 0 Å². The van der Waals surface area contributed by atoms with Crippen LogP contribution < -0.4 is 5.32 Å². The number of anilines is 1. The quantitative estimate of drug-likeness (QED) is 0.803. The average molecular weight is 189 g/mol. The summed E-state index contributed by atoms with van der Waals surface area (Å²) in [5.41, 5.74) is 1.08. The van der Waals surface area contributed by atoms with E-state index in [1.165, 1.54) is 0 Å². The van der Waals surface area contributed by atoms with Crippen LogP contribution >= 0.6 is 11.3 Å². The minimum Gasteiger partial charge on any atom is -0.374 e. The van der Waals surface area contributed by atoms with Gasteiger partial charge in [0.05, 0.1) is 0 Å². The predicted molar refractivity (Wildman–Crippen MR) is 55.6 cm³/mol. The largest absolute Gasteiger partial charge is 0.374 e. The highest BCUT2D eigenvalue weighted by Gasteiger charge is 1.94. The first-order valence-electron chi connectivity index (χ1n) is 3.99. The van der Waals surface area contributed by atoms with Crippen molar-refractivity contribution in [2.75, 3.05) is 5.32 Å². The Labute approximate surface area is 81.3 Å². The summed E-state index contributed by atoms with van der Waals surface area (Å²) in [4.78, 5) is 4.13. The molecule has 1 heterocycles. The normalized spacial score (nSPS) is 9.85. The lowest BCUT2D eigenvalue weighted by Crippen LogP contribution is -1.94. The molecule has 0 aliphatic heterocycles. The van der Waals surface area contributed by atoms with Gasteiger partial charge in [0.1, 0.15) is 11.6 Å². The van der Waals surface area contributed by atoms with Crippen molar-refractivity contribution in [1.82, 2.24) is 4.98 Å².